The fourth-order valence-electron chi connectivity index (χ4n) is 4.79. The summed E-state index contributed by atoms with van der Waals surface area (Å²) >= 11 is 0. The Kier molecular flexibility index (Phi) is 7.13. The molecule has 0 bridgehead atoms. The van der Waals surface area contributed by atoms with Crippen molar-refractivity contribution in [3.05, 3.63) is 41.7 Å². The maximum atomic E-state index is 13.8. The molecule has 0 saturated carbocycles. The fourth-order valence-corrected chi connectivity index (χ4v) is 4.79. The summed E-state index contributed by atoms with van der Waals surface area (Å²) in [6, 6.07) is 6.64. The van der Waals surface area contributed by atoms with Gasteiger partial charge in [0.25, 0.3) is 5.91 Å². The lowest BCUT2D eigenvalue weighted by atomic mass is 10.0. The van der Waals surface area contributed by atoms with Crippen molar-refractivity contribution in [2.75, 3.05) is 48.4 Å². The van der Waals surface area contributed by atoms with Gasteiger partial charge < -0.3 is 29.1 Å². The molecule has 12 heteroatoms. The number of nitrogens with one attached hydrogen (secondary N) is 2. The highest BCUT2D eigenvalue weighted by Crippen LogP contribution is 2.37. The van der Waals surface area contributed by atoms with Crippen molar-refractivity contribution in [2.24, 2.45) is 0 Å². The zero-order valence-electron chi connectivity index (χ0n) is 22.8. The molecule has 1 aromatic carbocycles. The van der Waals surface area contributed by atoms with Gasteiger partial charge in [0.2, 0.25) is 11.8 Å². The zero-order valence-corrected chi connectivity index (χ0v) is 22.8. The molecule has 1 atom stereocenters. The maximum Gasteiger partial charge on any atom is 0.324 e. The van der Waals surface area contributed by atoms with Gasteiger partial charge in [0.15, 0.2) is 5.82 Å². The van der Waals surface area contributed by atoms with Crippen LogP contribution in [0.5, 0.6) is 5.88 Å². The Bertz CT molecular complexity index is 1380. The van der Waals surface area contributed by atoms with E-state index < -0.39 is 11.6 Å². The second kappa shape index (κ2) is 10.5. The number of ether oxygens (including phenoxy) is 2. The van der Waals surface area contributed by atoms with E-state index in [1.54, 1.807) is 17.0 Å². The van der Waals surface area contributed by atoms with Crippen LogP contribution in [0.4, 0.5) is 22.2 Å². The number of hydrogen-bond donors (Lipinski definition) is 2. The van der Waals surface area contributed by atoms with Crippen LogP contribution in [0.3, 0.4) is 0 Å². The first kappa shape index (κ1) is 26.4. The molecule has 2 aliphatic rings. The Labute approximate surface area is 226 Å². The summed E-state index contributed by atoms with van der Waals surface area (Å²) in [5.74, 6) is 0.880. The zero-order chi connectivity index (χ0) is 27.7. The number of hydrogen-bond acceptors (Lipinski definition) is 9. The number of likely N-dealkylation sites (N-methyl/N-ethyl adjacent to an activating group) is 1. The van der Waals surface area contributed by atoms with Gasteiger partial charge in [-0.25, -0.2) is 9.78 Å². The van der Waals surface area contributed by atoms with Gasteiger partial charge in [-0.3, -0.25) is 10.1 Å². The first-order valence-electron chi connectivity index (χ1n) is 13.0. The van der Waals surface area contributed by atoms with E-state index in [1.165, 1.54) is 6.26 Å². The van der Waals surface area contributed by atoms with E-state index in [9.17, 15) is 9.59 Å². The van der Waals surface area contributed by atoms with Crippen LogP contribution in [0.2, 0.25) is 0 Å². The van der Waals surface area contributed by atoms with Crippen molar-refractivity contribution < 1.29 is 23.6 Å². The largest absolute Gasteiger partial charge is 0.469 e. The average Bonchev–Trinajstić information content (AvgIpc) is 3.37. The van der Waals surface area contributed by atoms with Crippen molar-refractivity contribution in [3.63, 3.8) is 0 Å². The lowest BCUT2D eigenvalue weighted by molar-refractivity contribution is 0.0541. The van der Waals surface area contributed by atoms with Gasteiger partial charge in [-0.1, -0.05) is 11.2 Å². The minimum Gasteiger partial charge on any atom is -0.469 e. The topological polar surface area (TPSA) is 135 Å². The molecule has 2 N–H and O–H groups in total. The number of morpholine rings is 1. The summed E-state index contributed by atoms with van der Waals surface area (Å²) in [4.78, 5) is 39.8. The first-order valence-corrected chi connectivity index (χ1v) is 13.0. The van der Waals surface area contributed by atoms with Crippen molar-refractivity contribution in [1.82, 2.24) is 20.0 Å². The van der Waals surface area contributed by atoms with Gasteiger partial charge in [0.1, 0.15) is 17.4 Å². The molecule has 3 amide bonds. The molecule has 39 heavy (non-hydrogen) atoms. The lowest BCUT2D eigenvalue weighted by Gasteiger charge is -2.34. The molecule has 0 unspecified atom stereocenters. The van der Waals surface area contributed by atoms with Gasteiger partial charge >= 0.3 is 6.03 Å². The van der Waals surface area contributed by atoms with E-state index in [-0.39, 0.29) is 17.8 Å². The summed E-state index contributed by atoms with van der Waals surface area (Å²) in [7, 11) is 0. The minimum absolute atomic E-state index is 0.0582. The summed E-state index contributed by atoms with van der Waals surface area (Å²) in [5, 5.41) is 9.11. The highest BCUT2D eigenvalue weighted by Gasteiger charge is 2.38. The number of amides is 3. The smallest absolute Gasteiger partial charge is 0.324 e. The number of anilines is 3. The summed E-state index contributed by atoms with van der Waals surface area (Å²) in [6.45, 7) is 12.5. The van der Waals surface area contributed by atoms with E-state index in [1.807, 2.05) is 39.8 Å². The Morgan fingerprint density at radius 3 is 2.72 bits per heavy atom. The minimum atomic E-state index is -0.642. The quantitative estimate of drug-likeness (QED) is 0.498. The molecule has 2 aliphatic heterocycles. The number of carbonyl (C=O) groups excluding carboxylic acids is 2. The Morgan fingerprint density at radius 1 is 1.21 bits per heavy atom. The number of rotatable bonds is 5. The van der Waals surface area contributed by atoms with E-state index in [4.69, 9.17) is 24.0 Å². The van der Waals surface area contributed by atoms with Crippen LogP contribution in [0, 0.1) is 6.92 Å². The third kappa shape index (κ3) is 5.51. The molecule has 5 rings (SSSR count). The predicted octanol–water partition coefficient (Wildman–Crippen LogP) is 3.94. The highest BCUT2D eigenvalue weighted by atomic mass is 16.5. The number of aryl methyl sites for hydroxylation is 1. The van der Waals surface area contributed by atoms with Crippen LogP contribution in [-0.2, 0) is 4.74 Å². The van der Waals surface area contributed by atoms with Crippen LogP contribution in [-0.4, -0.2) is 76.5 Å². The van der Waals surface area contributed by atoms with Crippen molar-refractivity contribution in [3.8, 4) is 17.1 Å². The highest BCUT2D eigenvalue weighted by molar-refractivity contribution is 6.03. The fraction of sp³-hybridized carbons (Fsp3) is 0.444. The van der Waals surface area contributed by atoms with Crippen LogP contribution in [0.25, 0.3) is 11.3 Å². The first-order chi connectivity index (χ1) is 18.6. The molecule has 4 heterocycles. The number of nitrogens with zero attached hydrogens (tertiary/aromatic N) is 5. The molecule has 0 aliphatic carbocycles. The SMILES string of the molecule is CCN1CC(C)(C)Oc2nc(N3CCOC[C@@H]3C)nc(-c3ccc(NC(=O)Nc4ccon4)c(C)c3)c2C1=O. The van der Waals surface area contributed by atoms with Gasteiger partial charge in [-0.05, 0) is 52.3 Å². The van der Waals surface area contributed by atoms with E-state index in [0.717, 1.165) is 5.56 Å². The predicted molar refractivity (Wildman–Crippen MR) is 145 cm³/mol. The molecule has 1 saturated heterocycles. The molecule has 0 spiro atoms. The van der Waals surface area contributed by atoms with Crippen molar-refractivity contribution in [1.29, 1.82) is 0 Å². The third-order valence-corrected chi connectivity index (χ3v) is 6.74. The molecular formula is C27H33N7O5. The second-order valence-corrected chi connectivity index (χ2v) is 10.3. The summed E-state index contributed by atoms with van der Waals surface area (Å²) < 4.78 is 16.7. The molecule has 206 valence electrons. The van der Waals surface area contributed by atoms with E-state index >= 15 is 0 Å². The van der Waals surface area contributed by atoms with Crippen LogP contribution >= 0.6 is 0 Å². The monoisotopic (exact) mass is 535 g/mol. The maximum absolute atomic E-state index is 13.8. The molecule has 0 radical (unpaired) electrons. The van der Waals surface area contributed by atoms with Gasteiger partial charge in [-0.2, -0.15) is 4.98 Å². The Hall–Kier alpha value is -4.19. The Balaban J connectivity index is 1.57. The van der Waals surface area contributed by atoms with Crippen molar-refractivity contribution in [2.45, 2.75) is 46.3 Å². The number of benzene rings is 1. The third-order valence-electron chi connectivity index (χ3n) is 6.74. The average molecular weight is 536 g/mol. The van der Waals surface area contributed by atoms with Gasteiger partial charge in [0, 0.05) is 30.4 Å². The van der Waals surface area contributed by atoms with Crippen LogP contribution in [0.1, 0.15) is 43.6 Å². The molecule has 12 nitrogen and oxygen atoms in total. The van der Waals surface area contributed by atoms with E-state index in [2.05, 4.69) is 27.6 Å². The van der Waals surface area contributed by atoms with Crippen molar-refractivity contribution >= 4 is 29.4 Å². The second-order valence-electron chi connectivity index (χ2n) is 10.3. The number of carbonyl (C=O) groups is 2. The lowest BCUT2D eigenvalue weighted by Crippen LogP contribution is -2.44. The van der Waals surface area contributed by atoms with E-state index in [0.29, 0.717) is 67.1 Å². The molecular weight excluding hydrogens is 502 g/mol. The standard InChI is InChI=1S/C27H33N7O5/c1-6-33-15-27(4,5)39-23-21(24(33)35)22(30-25(31-23)34-10-12-37-14-17(34)3)18-7-8-19(16(2)13-18)28-26(36)29-20-9-11-38-32-20/h7-9,11,13,17H,6,10,12,14-15H2,1-5H3,(H2,28,29,32,36)/t17-/m0/s1. The summed E-state index contributed by atoms with van der Waals surface area (Å²) in [6.07, 6.45) is 1.37. The van der Waals surface area contributed by atoms with Gasteiger partial charge in [-0.15, -0.1) is 0 Å². The van der Waals surface area contributed by atoms with Crippen LogP contribution < -0.4 is 20.3 Å². The Morgan fingerprint density at radius 2 is 2.03 bits per heavy atom. The molecule has 3 aromatic rings. The summed E-state index contributed by atoms with van der Waals surface area (Å²) in [5.41, 5.74) is 2.26. The number of urea groups is 1. The van der Waals surface area contributed by atoms with Crippen LogP contribution in [0.15, 0.2) is 35.1 Å². The number of fused-ring (bicyclic) bond motifs is 1. The molecule has 1 fully saturated rings. The number of aromatic nitrogens is 3. The normalized spacial score (nSPS) is 18.7. The molecule has 2 aromatic heterocycles. The van der Waals surface area contributed by atoms with Gasteiger partial charge in [0.05, 0.1) is 31.5 Å².